The first-order chi connectivity index (χ1) is 10.6. The lowest BCUT2D eigenvalue weighted by molar-refractivity contribution is 0.0996. The number of carbonyl (C=O) groups excluding carboxylic acids is 1. The molecule has 0 atom stereocenters. The Morgan fingerprint density at radius 1 is 1.23 bits per heavy atom. The minimum absolute atomic E-state index is 0.154. The maximum Gasteiger partial charge on any atom is 0.292 e. The summed E-state index contributed by atoms with van der Waals surface area (Å²) in [5.74, 6) is 0.367. The zero-order valence-corrected chi connectivity index (χ0v) is 13.6. The second kappa shape index (κ2) is 6.37. The summed E-state index contributed by atoms with van der Waals surface area (Å²) in [4.78, 5) is 12.1. The van der Waals surface area contributed by atoms with Gasteiger partial charge in [-0.15, -0.1) is 0 Å². The van der Waals surface area contributed by atoms with Crippen molar-refractivity contribution in [3.05, 3.63) is 69.7 Å². The van der Waals surface area contributed by atoms with Crippen LogP contribution in [-0.2, 0) is 6.54 Å². The van der Waals surface area contributed by atoms with Crippen molar-refractivity contribution in [3.8, 4) is 0 Å². The summed E-state index contributed by atoms with van der Waals surface area (Å²) >= 11 is 9.07. The van der Waals surface area contributed by atoms with E-state index in [0.29, 0.717) is 12.4 Å². The van der Waals surface area contributed by atoms with E-state index in [9.17, 15) is 4.79 Å². The number of hydrogen-bond acceptors (Lipinski definition) is 3. The van der Waals surface area contributed by atoms with Gasteiger partial charge in [0.25, 0.3) is 5.91 Å². The van der Waals surface area contributed by atoms with Crippen LogP contribution in [-0.4, -0.2) is 15.7 Å². The van der Waals surface area contributed by atoms with Crippen molar-refractivity contribution in [1.82, 2.24) is 9.78 Å². The van der Waals surface area contributed by atoms with Crippen LogP contribution in [0.4, 0.5) is 5.82 Å². The van der Waals surface area contributed by atoms with Crippen LogP contribution in [0.1, 0.15) is 16.1 Å². The molecule has 5 nitrogen and oxygen atoms in total. The van der Waals surface area contributed by atoms with E-state index in [1.54, 1.807) is 16.9 Å². The highest BCUT2D eigenvalue weighted by Gasteiger charge is 2.13. The second-order valence-electron chi connectivity index (χ2n) is 4.56. The van der Waals surface area contributed by atoms with Gasteiger partial charge in [0, 0.05) is 10.5 Å². The number of rotatable bonds is 4. The zero-order chi connectivity index (χ0) is 15.5. The summed E-state index contributed by atoms with van der Waals surface area (Å²) in [5.41, 5.74) is 1.07. The lowest BCUT2D eigenvalue weighted by Gasteiger charge is -2.08. The van der Waals surface area contributed by atoms with Crippen LogP contribution >= 0.6 is 27.5 Å². The molecule has 0 unspecified atom stereocenters. The minimum atomic E-state index is -0.371. The number of hydrogen-bond donors (Lipinski definition) is 1. The standard InChI is InChI=1S/C15H11BrClN3O2/c16-11-3-1-10(2-4-11)9-20-14(7-8-18-20)19-15(21)12-5-6-13(17)22-12/h1-8H,9H2,(H,19,21). The topological polar surface area (TPSA) is 60.1 Å². The maximum absolute atomic E-state index is 12.1. The molecular weight excluding hydrogens is 370 g/mol. The molecule has 2 aromatic heterocycles. The van der Waals surface area contributed by atoms with Gasteiger partial charge in [-0.3, -0.25) is 4.79 Å². The van der Waals surface area contributed by atoms with Crippen LogP contribution in [0.5, 0.6) is 0 Å². The number of carbonyl (C=O) groups is 1. The summed E-state index contributed by atoms with van der Waals surface area (Å²) in [6.45, 7) is 0.550. The molecule has 0 fully saturated rings. The molecule has 2 heterocycles. The third-order valence-corrected chi connectivity index (χ3v) is 3.73. The lowest BCUT2D eigenvalue weighted by Crippen LogP contribution is -2.15. The van der Waals surface area contributed by atoms with Gasteiger partial charge in [0.1, 0.15) is 5.82 Å². The Morgan fingerprint density at radius 2 is 2.00 bits per heavy atom. The molecule has 3 aromatic rings. The molecule has 0 saturated heterocycles. The summed E-state index contributed by atoms with van der Waals surface area (Å²) in [6.07, 6.45) is 1.63. The first kappa shape index (κ1) is 14.9. The van der Waals surface area contributed by atoms with Gasteiger partial charge in [-0.05, 0) is 41.4 Å². The normalized spacial score (nSPS) is 10.6. The van der Waals surface area contributed by atoms with Crippen LogP contribution in [0.3, 0.4) is 0 Å². The van der Waals surface area contributed by atoms with Gasteiger partial charge in [0.2, 0.25) is 0 Å². The quantitative estimate of drug-likeness (QED) is 0.738. The second-order valence-corrected chi connectivity index (χ2v) is 5.85. The van der Waals surface area contributed by atoms with Crippen molar-refractivity contribution < 1.29 is 9.21 Å². The van der Waals surface area contributed by atoms with Crippen LogP contribution in [0.25, 0.3) is 0 Å². The Morgan fingerprint density at radius 3 is 2.68 bits per heavy atom. The lowest BCUT2D eigenvalue weighted by atomic mass is 10.2. The van der Waals surface area contributed by atoms with Crippen molar-refractivity contribution in [2.75, 3.05) is 5.32 Å². The third kappa shape index (κ3) is 3.40. The van der Waals surface area contributed by atoms with Crippen molar-refractivity contribution in [3.63, 3.8) is 0 Å². The highest BCUT2D eigenvalue weighted by atomic mass is 79.9. The molecular formula is C15H11BrClN3O2. The smallest absolute Gasteiger partial charge is 0.292 e. The molecule has 3 rings (SSSR count). The van der Waals surface area contributed by atoms with Crippen molar-refractivity contribution in [1.29, 1.82) is 0 Å². The molecule has 0 radical (unpaired) electrons. The number of benzene rings is 1. The number of amides is 1. The molecule has 1 aromatic carbocycles. The van der Waals surface area contributed by atoms with E-state index in [-0.39, 0.29) is 16.9 Å². The number of halogens is 2. The van der Waals surface area contributed by atoms with Gasteiger partial charge < -0.3 is 9.73 Å². The van der Waals surface area contributed by atoms with Crippen molar-refractivity contribution in [2.45, 2.75) is 6.54 Å². The Labute approximate surface area is 140 Å². The molecule has 7 heteroatoms. The molecule has 22 heavy (non-hydrogen) atoms. The van der Waals surface area contributed by atoms with Gasteiger partial charge in [0.05, 0.1) is 12.7 Å². The van der Waals surface area contributed by atoms with Gasteiger partial charge in [-0.1, -0.05) is 28.1 Å². The summed E-state index contributed by atoms with van der Waals surface area (Å²) in [5, 5.41) is 7.15. The van der Waals surface area contributed by atoms with E-state index in [4.69, 9.17) is 16.0 Å². The van der Waals surface area contributed by atoms with E-state index >= 15 is 0 Å². The Bertz CT molecular complexity index is 795. The molecule has 0 aliphatic carbocycles. The monoisotopic (exact) mass is 379 g/mol. The van der Waals surface area contributed by atoms with E-state index in [2.05, 4.69) is 26.3 Å². The fraction of sp³-hybridized carbons (Fsp3) is 0.0667. The first-order valence-corrected chi connectivity index (χ1v) is 7.62. The maximum atomic E-state index is 12.1. The van der Waals surface area contributed by atoms with Crippen LogP contribution < -0.4 is 5.32 Å². The predicted molar refractivity (Wildman–Crippen MR) is 87.1 cm³/mol. The van der Waals surface area contributed by atoms with Gasteiger partial charge in [-0.25, -0.2) is 4.68 Å². The fourth-order valence-corrected chi connectivity index (χ4v) is 2.35. The van der Waals surface area contributed by atoms with Crippen LogP contribution in [0.15, 0.2) is 57.6 Å². The van der Waals surface area contributed by atoms with Crippen LogP contribution in [0.2, 0.25) is 5.22 Å². The Hall–Kier alpha value is -2.05. The van der Waals surface area contributed by atoms with E-state index < -0.39 is 0 Å². The molecule has 1 amide bonds. The average molecular weight is 381 g/mol. The average Bonchev–Trinajstić information content (AvgIpc) is 3.11. The summed E-state index contributed by atoms with van der Waals surface area (Å²) in [6, 6.07) is 12.7. The van der Waals surface area contributed by atoms with E-state index in [1.165, 1.54) is 12.1 Å². The highest BCUT2D eigenvalue weighted by molar-refractivity contribution is 9.10. The van der Waals surface area contributed by atoms with Crippen molar-refractivity contribution >= 4 is 39.3 Å². The Kier molecular flexibility index (Phi) is 4.31. The molecule has 0 spiro atoms. The SMILES string of the molecule is O=C(Nc1ccnn1Cc1ccc(Br)cc1)c1ccc(Cl)o1. The minimum Gasteiger partial charge on any atom is -0.440 e. The number of nitrogens with zero attached hydrogens (tertiary/aromatic N) is 2. The molecule has 112 valence electrons. The molecule has 0 aliphatic rings. The number of aromatic nitrogens is 2. The third-order valence-electron chi connectivity index (χ3n) is 3.00. The summed E-state index contributed by atoms with van der Waals surface area (Å²) < 4.78 is 7.80. The van der Waals surface area contributed by atoms with Gasteiger partial charge in [-0.2, -0.15) is 5.10 Å². The summed E-state index contributed by atoms with van der Waals surface area (Å²) in [7, 11) is 0. The first-order valence-electron chi connectivity index (χ1n) is 6.45. The van der Waals surface area contributed by atoms with Crippen molar-refractivity contribution in [2.24, 2.45) is 0 Å². The molecule has 1 N–H and O–H groups in total. The largest absolute Gasteiger partial charge is 0.440 e. The van der Waals surface area contributed by atoms with Gasteiger partial charge >= 0.3 is 0 Å². The molecule has 0 bridgehead atoms. The fourth-order valence-electron chi connectivity index (χ4n) is 1.94. The zero-order valence-electron chi connectivity index (χ0n) is 11.3. The van der Waals surface area contributed by atoms with E-state index in [1.807, 2.05) is 24.3 Å². The van der Waals surface area contributed by atoms with E-state index in [0.717, 1.165) is 10.0 Å². The van der Waals surface area contributed by atoms with Gasteiger partial charge in [0.15, 0.2) is 11.0 Å². The number of furan rings is 1. The number of nitrogens with one attached hydrogen (secondary N) is 1. The predicted octanol–water partition coefficient (Wildman–Crippen LogP) is 4.19. The molecule has 0 saturated carbocycles. The molecule has 0 aliphatic heterocycles. The Balaban J connectivity index is 1.74. The number of anilines is 1. The highest BCUT2D eigenvalue weighted by Crippen LogP contribution is 2.17. The van der Waals surface area contributed by atoms with Crippen LogP contribution in [0, 0.1) is 0 Å².